The number of nitrogens with two attached hydrogens (primary N) is 1. The van der Waals surface area contributed by atoms with E-state index in [9.17, 15) is 0 Å². The van der Waals surface area contributed by atoms with Crippen LogP contribution in [0.15, 0.2) is 0 Å². The van der Waals surface area contributed by atoms with Crippen molar-refractivity contribution < 1.29 is 5.32 Å². The van der Waals surface area contributed by atoms with Crippen LogP contribution in [0, 0.1) is 5.41 Å². The molecule has 1 saturated heterocycles. The highest BCUT2D eigenvalue weighted by molar-refractivity contribution is 4.83. The van der Waals surface area contributed by atoms with Crippen molar-refractivity contribution >= 4 is 0 Å². The summed E-state index contributed by atoms with van der Waals surface area (Å²) < 4.78 is 0. The Kier molecular flexibility index (Phi) is 2.69. The summed E-state index contributed by atoms with van der Waals surface area (Å²) >= 11 is 0. The Morgan fingerprint density at radius 3 is 2.25 bits per heavy atom. The van der Waals surface area contributed by atoms with Crippen LogP contribution >= 0.6 is 0 Å². The van der Waals surface area contributed by atoms with Crippen LogP contribution in [0.25, 0.3) is 0 Å². The molecule has 2 aliphatic rings. The summed E-state index contributed by atoms with van der Waals surface area (Å²) in [4.78, 5) is 0. The molecule has 1 heteroatoms. The van der Waals surface area contributed by atoms with Gasteiger partial charge in [0.25, 0.3) is 0 Å². The number of hydrogen-bond acceptors (Lipinski definition) is 0. The molecule has 0 aromatic rings. The second-order valence-corrected chi connectivity index (χ2v) is 4.78. The molecule has 1 saturated carbocycles. The average Bonchev–Trinajstić information content (AvgIpc) is 2.33. The van der Waals surface area contributed by atoms with Crippen LogP contribution in [0.4, 0.5) is 0 Å². The molecule has 12 heavy (non-hydrogen) atoms. The molecule has 2 N–H and O–H groups in total. The largest absolute Gasteiger partial charge is 0.346 e. The minimum atomic E-state index is 0.811. The topological polar surface area (TPSA) is 16.6 Å². The maximum Gasteiger partial charge on any atom is 0.0760 e. The van der Waals surface area contributed by atoms with Crippen molar-refractivity contribution in [3.63, 3.8) is 0 Å². The maximum atomic E-state index is 2.52. The van der Waals surface area contributed by atoms with E-state index in [-0.39, 0.29) is 0 Å². The normalized spacial score (nSPS) is 30.0. The monoisotopic (exact) mass is 168 g/mol. The molecule has 2 fully saturated rings. The van der Waals surface area contributed by atoms with Crippen molar-refractivity contribution in [3.05, 3.63) is 0 Å². The lowest BCUT2D eigenvalue weighted by molar-refractivity contribution is -0.653. The van der Waals surface area contributed by atoms with Crippen LogP contribution in [-0.4, -0.2) is 13.1 Å². The Morgan fingerprint density at radius 1 is 0.667 bits per heavy atom. The molecule has 2 rings (SSSR count). The lowest BCUT2D eigenvalue weighted by atomic mass is 9.69. The maximum absolute atomic E-state index is 2.52. The second kappa shape index (κ2) is 3.78. The fourth-order valence-electron chi connectivity index (χ4n) is 3.10. The van der Waals surface area contributed by atoms with Gasteiger partial charge in [0.15, 0.2) is 0 Å². The minimum Gasteiger partial charge on any atom is -0.346 e. The Labute approximate surface area is 75.9 Å². The molecule has 0 amide bonds. The third-order valence-electron chi connectivity index (χ3n) is 3.91. The summed E-state index contributed by atoms with van der Waals surface area (Å²) in [6.07, 6.45) is 12.1. The van der Waals surface area contributed by atoms with E-state index in [4.69, 9.17) is 0 Å². The molecular formula is C11H22N+. The zero-order valence-electron chi connectivity index (χ0n) is 8.15. The third-order valence-corrected chi connectivity index (χ3v) is 3.91. The molecule has 1 spiro atoms. The molecule has 70 valence electrons. The number of rotatable bonds is 0. The Balaban J connectivity index is 1.95. The predicted molar refractivity (Wildman–Crippen MR) is 51.0 cm³/mol. The molecule has 1 nitrogen and oxygen atoms in total. The standard InChI is InChI=1S/C11H21N/c1-2-5-11(6-3-1)7-4-9-12-10-8-11/h12H,1-10H2/p+1. The molecule has 0 radical (unpaired) electrons. The van der Waals surface area contributed by atoms with E-state index in [2.05, 4.69) is 5.32 Å². The van der Waals surface area contributed by atoms with Gasteiger partial charge in [-0.1, -0.05) is 19.3 Å². The first kappa shape index (κ1) is 8.55. The smallest absolute Gasteiger partial charge is 0.0760 e. The van der Waals surface area contributed by atoms with Crippen LogP contribution in [0.2, 0.25) is 0 Å². The highest BCUT2D eigenvalue weighted by Gasteiger charge is 2.32. The van der Waals surface area contributed by atoms with E-state index in [0.717, 1.165) is 5.41 Å². The average molecular weight is 168 g/mol. The Hall–Kier alpha value is -0.0400. The van der Waals surface area contributed by atoms with Crippen LogP contribution in [0.5, 0.6) is 0 Å². The van der Waals surface area contributed by atoms with E-state index in [1.165, 1.54) is 51.6 Å². The number of hydrogen-bond donors (Lipinski definition) is 1. The van der Waals surface area contributed by atoms with Crippen molar-refractivity contribution in [2.24, 2.45) is 5.41 Å². The summed E-state index contributed by atoms with van der Waals surface area (Å²) in [6.45, 7) is 2.79. The highest BCUT2D eigenvalue weighted by atomic mass is 14.9. The van der Waals surface area contributed by atoms with Crippen molar-refractivity contribution in [2.45, 2.75) is 51.4 Å². The van der Waals surface area contributed by atoms with E-state index in [0.29, 0.717) is 0 Å². The summed E-state index contributed by atoms with van der Waals surface area (Å²) in [7, 11) is 0. The molecule has 0 aromatic heterocycles. The summed E-state index contributed by atoms with van der Waals surface area (Å²) in [5, 5.41) is 2.52. The quantitative estimate of drug-likeness (QED) is 0.567. The Bertz CT molecular complexity index is 126. The van der Waals surface area contributed by atoms with Gasteiger partial charge < -0.3 is 5.32 Å². The van der Waals surface area contributed by atoms with Crippen LogP contribution < -0.4 is 5.32 Å². The molecule has 0 bridgehead atoms. The van der Waals surface area contributed by atoms with Gasteiger partial charge in [-0.25, -0.2) is 0 Å². The Morgan fingerprint density at radius 2 is 1.42 bits per heavy atom. The summed E-state index contributed by atoms with van der Waals surface area (Å²) in [6, 6.07) is 0. The molecule has 1 heterocycles. The minimum absolute atomic E-state index is 0.811. The molecule has 1 aliphatic heterocycles. The van der Waals surface area contributed by atoms with Crippen molar-refractivity contribution in [1.82, 2.24) is 0 Å². The molecule has 0 unspecified atom stereocenters. The zero-order chi connectivity index (χ0) is 8.28. The first-order valence-electron chi connectivity index (χ1n) is 5.73. The second-order valence-electron chi connectivity index (χ2n) is 4.78. The van der Waals surface area contributed by atoms with Gasteiger partial charge in [-0.2, -0.15) is 0 Å². The van der Waals surface area contributed by atoms with Crippen molar-refractivity contribution in [1.29, 1.82) is 0 Å². The summed E-state index contributed by atoms with van der Waals surface area (Å²) in [5.41, 5.74) is 0.811. The molecule has 0 aromatic carbocycles. The van der Waals surface area contributed by atoms with Gasteiger partial charge in [0.1, 0.15) is 0 Å². The van der Waals surface area contributed by atoms with Gasteiger partial charge in [0, 0.05) is 6.42 Å². The van der Waals surface area contributed by atoms with Crippen molar-refractivity contribution in [3.8, 4) is 0 Å². The van der Waals surface area contributed by atoms with Gasteiger partial charge in [-0.15, -0.1) is 0 Å². The van der Waals surface area contributed by atoms with Gasteiger partial charge in [0.2, 0.25) is 0 Å². The fraction of sp³-hybridized carbons (Fsp3) is 1.00. The lowest BCUT2D eigenvalue weighted by Gasteiger charge is -2.35. The SMILES string of the molecule is C1CCC2(CC1)CCC[NH2+]CC2. The van der Waals surface area contributed by atoms with E-state index in [1.54, 1.807) is 12.8 Å². The zero-order valence-corrected chi connectivity index (χ0v) is 8.15. The fourth-order valence-corrected chi connectivity index (χ4v) is 3.10. The van der Waals surface area contributed by atoms with E-state index < -0.39 is 0 Å². The van der Waals surface area contributed by atoms with Crippen LogP contribution in [-0.2, 0) is 0 Å². The highest BCUT2D eigenvalue weighted by Crippen LogP contribution is 2.42. The van der Waals surface area contributed by atoms with Crippen LogP contribution in [0.1, 0.15) is 51.4 Å². The van der Waals surface area contributed by atoms with E-state index in [1.807, 2.05) is 0 Å². The van der Waals surface area contributed by atoms with Gasteiger partial charge in [-0.05, 0) is 31.1 Å². The molecule has 0 atom stereocenters. The number of quaternary nitrogens is 1. The molecule has 1 aliphatic carbocycles. The van der Waals surface area contributed by atoms with Gasteiger partial charge in [-0.3, -0.25) is 0 Å². The first-order valence-corrected chi connectivity index (χ1v) is 5.73. The van der Waals surface area contributed by atoms with E-state index >= 15 is 0 Å². The van der Waals surface area contributed by atoms with Gasteiger partial charge in [0.05, 0.1) is 13.1 Å². The van der Waals surface area contributed by atoms with Gasteiger partial charge >= 0.3 is 0 Å². The van der Waals surface area contributed by atoms with Crippen LogP contribution in [0.3, 0.4) is 0 Å². The first-order chi connectivity index (χ1) is 5.91. The predicted octanol–water partition coefficient (Wildman–Crippen LogP) is 1.68. The van der Waals surface area contributed by atoms with Crippen molar-refractivity contribution in [2.75, 3.05) is 13.1 Å². The molecular weight excluding hydrogens is 146 g/mol. The lowest BCUT2D eigenvalue weighted by Crippen LogP contribution is -2.83. The summed E-state index contributed by atoms with van der Waals surface area (Å²) in [5.74, 6) is 0. The third kappa shape index (κ3) is 1.82.